The van der Waals surface area contributed by atoms with Gasteiger partial charge in [-0.1, -0.05) is 0 Å². The normalized spacial score (nSPS) is 20.7. The van der Waals surface area contributed by atoms with Crippen molar-refractivity contribution in [2.45, 2.75) is 19.3 Å². The molecule has 1 atom stereocenters. The van der Waals surface area contributed by atoms with Crippen LogP contribution in [0.2, 0.25) is 0 Å². The van der Waals surface area contributed by atoms with Crippen LogP contribution >= 0.6 is 23.7 Å². The van der Waals surface area contributed by atoms with Crippen LogP contribution in [-0.4, -0.2) is 34.9 Å². The number of aromatic amines is 1. The van der Waals surface area contributed by atoms with Crippen LogP contribution in [0.4, 0.5) is 5.13 Å². The molecule has 1 unspecified atom stereocenters. The number of aromatic nitrogens is 2. The Labute approximate surface area is 155 Å². The van der Waals surface area contributed by atoms with Crippen molar-refractivity contribution in [3.05, 3.63) is 23.3 Å². The number of primary amides is 1. The van der Waals surface area contributed by atoms with Crippen molar-refractivity contribution < 1.29 is 9.59 Å². The molecule has 134 valence electrons. The van der Waals surface area contributed by atoms with Gasteiger partial charge in [-0.2, -0.15) is 0 Å². The van der Waals surface area contributed by atoms with E-state index < -0.39 is 5.91 Å². The van der Waals surface area contributed by atoms with Crippen LogP contribution in [0.5, 0.6) is 0 Å². The first-order valence-electron chi connectivity index (χ1n) is 8.03. The van der Waals surface area contributed by atoms with E-state index in [-0.39, 0.29) is 29.6 Å². The van der Waals surface area contributed by atoms with Gasteiger partial charge < -0.3 is 21.4 Å². The molecular weight excluding hydrogens is 362 g/mol. The largest absolute Gasteiger partial charge is 0.364 e. The Morgan fingerprint density at radius 2 is 2.12 bits per heavy atom. The molecule has 1 saturated carbocycles. The molecule has 25 heavy (non-hydrogen) atoms. The Hall–Kier alpha value is -1.90. The number of halogens is 1. The molecule has 2 aliphatic rings. The average molecular weight is 382 g/mol. The van der Waals surface area contributed by atoms with Gasteiger partial charge in [0.1, 0.15) is 5.69 Å². The van der Waals surface area contributed by atoms with Gasteiger partial charge in [-0.05, 0) is 43.8 Å². The lowest BCUT2D eigenvalue weighted by molar-refractivity contribution is -0.118. The van der Waals surface area contributed by atoms with Crippen molar-refractivity contribution >= 4 is 40.7 Å². The maximum atomic E-state index is 12.5. The Kier molecular flexibility index (Phi) is 4.86. The zero-order valence-corrected chi connectivity index (χ0v) is 15.1. The van der Waals surface area contributed by atoms with Crippen molar-refractivity contribution in [1.82, 2.24) is 15.3 Å². The van der Waals surface area contributed by atoms with E-state index in [1.807, 2.05) is 5.38 Å². The van der Waals surface area contributed by atoms with E-state index in [1.165, 1.54) is 11.3 Å². The number of carbonyl (C=O) groups excluding carboxylic acids is 2. The Morgan fingerprint density at radius 3 is 2.80 bits per heavy atom. The summed E-state index contributed by atoms with van der Waals surface area (Å²) in [7, 11) is 0. The van der Waals surface area contributed by atoms with Crippen molar-refractivity contribution in [1.29, 1.82) is 0 Å². The third-order valence-electron chi connectivity index (χ3n) is 5.08. The number of amides is 2. The van der Waals surface area contributed by atoms with E-state index >= 15 is 0 Å². The van der Waals surface area contributed by atoms with Crippen LogP contribution in [0.15, 0.2) is 17.6 Å². The molecule has 1 saturated heterocycles. The number of thiazole rings is 1. The van der Waals surface area contributed by atoms with Crippen LogP contribution in [0.1, 0.15) is 29.8 Å². The lowest BCUT2D eigenvalue weighted by Gasteiger charge is -2.22. The van der Waals surface area contributed by atoms with Crippen molar-refractivity contribution in [2.24, 2.45) is 17.1 Å². The molecule has 0 aromatic carbocycles. The second kappa shape index (κ2) is 6.78. The maximum Gasteiger partial charge on any atom is 0.265 e. The molecule has 4 rings (SSSR count). The Balaban J connectivity index is 0.00000182. The summed E-state index contributed by atoms with van der Waals surface area (Å²) in [6.07, 6.45) is 4.82. The molecule has 2 aromatic rings. The summed E-state index contributed by atoms with van der Waals surface area (Å²) in [5.74, 6) is -0.323. The van der Waals surface area contributed by atoms with E-state index in [9.17, 15) is 9.59 Å². The summed E-state index contributed by atoms with van der Waals surface area (Å²) in [6.45, 7) is 2.00. The number of rotatable bonds is 4. The van der Waals surface area contributed by atoms with Crippen LogP contribution in [0.25, 0.3) is 11.3 Å². The molecule has 1 aliphatic heterocycles. The van der Waals surface area contributed by atoms with E-state index in [2.05, 4.69) is 20.6 Å². The van der Waals surface area contributed by atoms with Gasteiger partial charge >= 0.3 is 0 Å². The first-order chi connectivity index (χ1) is 11.6. The topological polar surface area (TPSA) is 113 Å². The van der Waals surface area contributed by atoms with Crippen molar-refractivity contribution in [2.75, 3.05) is 18.4 Å². The fraction of sp³-hybridized carbons (Fsp3) is 0.438. The summed E-state index contributed by atoms with van der Waals surface area (Å²) < 4.78 is 0. The molecule has 7 nitrogen and oxygen atoms in total. The highest BCUT2D eigenvalue weighted by Gasteiger charge is 2.57. The molecule has 2 aromatic heterocycles. The zero-order valence-electron chi connectivity index (χ0n) is 13.5. The summed E-state index contributed by atoms with van der Waals surface area (Å²) in [5, 5.41) is 8.73. The van der Waals surface area contributed by atoms with Gasteiger partial charge in [0.05, 0.1) is 5.69 Å². The molecule has 5 N–H and O–H groups in total. The van der Waals surface area contributed by atoms with Crippen molar-refractivity contribution in [3.63, 3.8) is 0 Å². The van der Waals surface area contributed by atoms with Gasteiger partial charge in [-0.3, -0.25) is 9.59 Å². The highest BCUT2D eigenvalue weighted by molar-refractivity contribution is 7.14. The predicted molar refractivity (Wildman–Crippen MR) is 98.9 cm³/mol. The van der Waals surface area contributed by atoms with Gasteiger partial charge in [0.15, 0.2) is 5.13 Å². The number of anilines is 1. The minimum absolute atomic E-state index is 0. The van der Waals surface area contributed by atoms with Gasteiger partial charge in [0.2, 0.25) is 5.91 Å². The SMILES string of the molecule is Cl.NC(=O)c1cc(-c2csc(NC(=O)C3CC34CCNCC4)n2)c[nH]1. The lowest BCUT2D eigenvalue weighted by Crippen LogP contribution is -2.31. The molecule has 1 aliphatic carbocycles. The first-order valence-corrected chi connectivity index (χ1v) is 8.91. The lowest BCUT2D eigenvalue weighted by atomic mass is 9.92. The average Bonchev–Trinajstić information content (AvgIpc) is 2.98. The molecule has 2 fully saturated rings. The van der Waals surface area contributed by atoms with Gasteiger partial charge in [0, 0.05) is 23.1 Å². The van der Waals surface area contributed by atoms with Crippen LogP contribution in [0, 0.1) is 11.3 Å². The van der Waals surface area contributed by atoms with Crippen LogP contribution < -0.4 is 16.4 Å². The first kappa shape index (κ1) is 17.9. The second-order valence-corrected chi connectivity index (χ2v) is 7.42. The van der Waals surface area contributed by atoms with E-state index in [1.54, 1.807) is 12.3 Å². The van der Waals surface area contributed by atoms with Gasteiger partial charge in [-0.25, -0.2) is 4.98 Å². The number of hydrogen-bond donors (Lipinski definition) is 4. The molecule has 3 heterocycles. The number of piperidine rings is 1. The fourth-order valence-electron chi connectivity index (χ4n) is 3.54. The molecule has 2 amide bonds. The Bertz CT molecular complexity index is 796. The summed E-state index contributed by atoms with van der Waals surface area (Å²) in [5.41, 5.74) is 7.29. The van der Waals surface area contributed by atoms with Gasteiger partial charge in [0.25, 0.3) is 5.91 Å². The molecule has 0 radical (unpaired) electrons. The highest BCUT2D eigenvalue weighted by atomic mass is 35.5. The van der Waals surface area contributed by atoms with Crippen molar-refractivity contribution in [3.8, 4) is 11.3 Å². The quantitative estimate of drug-likeness (QED) is 0.648. The minimum Gasteiger partial charge on any atom is -0.364 e. The summed E-state index contributed by atoms with van der Waals surface area (Å²) in [4.78, 5) is 30.8. The van der Waals surface area contributed by atoms with E-state index in [0.29, 0.717) is 16.5 Å². The maximum absolute atomic E-state index is 12.5. The van der Waals surface area contributed by atoms with E-state index in [4.69, 9.17) is 5.73 Å². The Morgan fingerprint density at radius 1 is 1.36 bits per heavy atom. The standard InChI is InChI=1S/C16H19N5O2S.ClH/c17-13(22)11-5-9(7-19-11)12-8-24-15(20-12)21-14(23)10-6-16(10)1-3-18-4-2-16;/h5,7-8,10,18-19H,1-4,6H2,(H2,17,22)(H,20,21,23);1H. The summed E-state index contributed by atoms with van der Waals surface area (Å²) >= 11 is 1.39. The minimum atomic E-state index is -0.508. The number of carbonyl (C=O) groups is 2. The third kappa shape index (κ3) is 3.42. The third-order valence-corrected chi connectivity index (χ3v) is 5.84. The van der Waals surface area contributed by atoms with Crippen LogP contribution in [-0.2, 0) is 4.79 Å². The summed E-state index contributed by atoms with van der Waals surface area (Å²) in [6, 6.07) is 1.66. The molecule has 1 spiro atoms. The second-order valence-electron chi connectivity index (χ2n) is 6.56. The smallest absolute Gasteiger partial charge is 0.265 e. The van der Waals surface area contributed by atoms with Gasteiger partial charge in [-0.15, -0.1) is 23.7 Å². The van der Waals surface area contributed by atoms with E-state index in [0.717, 1.165) is 37.9 Å². The molecule has 9 heteroatoms. The van der Waals surface area contributed by atoms with Crippen LogP contribution in [0.3, 0.4) is 0 Å². The number of nitrogens with zero attached hydrogens (tertiary/aromatic N) is 1. The number of nitrogens with two attached hydrogens (primary N) is 1. The zero-order chi connectivity index (χ0) is 16.7. The highest BCUT2D eigenvalue weighted by Crippen LogP contribution is 2.58. The monoisotopic (exact) mass is 381 g/mol. The molecular formula is C16H20ClN5O2S. The number of hydrogen-bond acceptors (Lipinski definition) is 5. The number of nitrogens with one attached hydrogen (secondary N) is 3. The molecule has 0 bridgehead atoms. The number of H-pyrrole nitrogens is 1. The predicted octanol–water partition coefficient (Wildman–Crippen LogP) is 1.99. The fourth-order valence-corrected chi connectivity index (χ4v) is 4.26.